The van der Waals surface area contributed by atoms with Gasteiger partial charge in [-0.3, -0.25) is 19.2 Å². The van der Waals surface area contributed by atoms with Crippen LogP contribution >= 0.6 is 0 Å². The number of unbranched alkanes of at least 4 members (excludes halogenated alkanes) is 8. The van der Waals surface area contributed by atoms with Crippen molar-refractivity contribution in [3.63, 3.8) is 0 Å². The predicted molar refractivity (Wildman–Crippen MR) is 361 cm³/mol. The molecule has 0 spiro atoms. The number of rotatable bonds is 64. The maximum absolute atomic E-state index is 12.9. The number of nitrogens with zero attached hydrogens (tertiary/aromatic N) is 3. The highest BCUT2D eigenvalue weighted by atomic mass is 16.7. The first kappa shape index (κ1) is 88.8. The standard InChI is InChI=1S/C71H131N3O20/c1-10-18-32-60(14-5)56-91-68(79)87-52-26-22-48-83-64(75)36-44-73(45-37-65(76)84-49-23-27-53-88-69(80)92-57-61(15-6)33-19-11-2)42-30-40-72(9)41-31-43-74(46-38-66(77)85-50-24-28-54-89-70(81)93-58-62(16-7)34-20-12-3)47-39-67(78)86-51-25-29-55-90-71(82)94-59-63(17-8)35-21-13-4/h60-63H,10-59H2,1-9H3. The quantitative estimate of drug-likeness (QED) is 0.0311. The lowest BCUT2D eigenvalue weighted by molar-refractivity contribution is -0.146. The largest absolute Gasteiger partial charge is 0.508 e. The van der Waals surface area contributed by atoms with Crippen molar-refractivity contribution in [1.29, 1.82) is 0 Å². The number of hydrogen-bond acceptors (Lipinski definition) is 23. The molecule has 0 aliphatic heterocycles. The third kappa shape index (κ3) is 56.1. The summed E-state index contributed by atoms with van der Waals surface area (Å²) in [6.45, 7) is 23.6. The molecule has 4 unspecified atom stereocenters. The summed E-state index contributed by atoms with van der Waals surface area (Å²) in [5.74, 6) is -0.239. The van der Waals surface area contributed by atoms with Gasteiger partial charge in [0.1, 0.15) is 0 Å². The van der Waals surface area contributed by atoms with Crippen molar-refractivity contribution in [3.8, 4) is 0 Å². The Morgan fingerprint density at radius 1 is 0.255 bits per heavy atom. The molecule has 0 heterocycles. The second-order valence-corrected chi connectivity index (χ2v) is 24.7. The summed E-state index contributed by atoms with van der Waals surface area (Å²) in [5, 5.41) is 0. The Hall–Kier alpha value is -5.16. The van der Waals surface area contributed by atoms with Gasteiger partial charge in [-0.25, -0.2) is 19.2 Å². The molecule has 0 saturated heterocycles. The van der Waals surface area contributed by atoms with Gasteiger partial charge >= 0.3 is 48.5 Å². The van der Waals surface area contributed by atoms with Crippen molar-refractivity contribution in [2.75, 3.05) is 139 Å². The SMILES string of the molecule is CCCCC(CC)COC(=O)OCCCCOC(=O)CCN(CCCN(C)CCCN(CCC(=O)OCCCCOC(=O)OCC(CC)CCCC)CCC(=O)OCCCCOC(=O)OCC(CC)CCCC)CCC(=O)OCCCCOC(=O)OCC(CC)CCCC. The van der Waals surface area contributed by atoms with Crippen molar-refractivity contribution in [3.05, 3.63) is 0 Å². The molecule has 0 aromatic heterocycles. The number of esters is 4. The topological polar surface area (TPSA) is 257 Å². The number of ether oxygens (including phenoxy) is 12. The minimum absolute atomic E-state index is 0.110. The maximum Gasteiger partial charge on any atom is 0.508 e. The van der Waals surface area contributed by atoms with Crippen molar-refractivity contribution < 1.29 is 95.2 Å². The summed E-state index contributed by atoms with van der Waals surface area (Å²) in [5.41, 5.74) is 0. The van der Waals surface area contributed by atoms with Crippen molar-refractivity contribution in [2.45, 2.75) is 248 Å². The summed E-state index contributed by atoms with van der Waals surface area (Å²) in [6, 6.07) is 0. The van der Waals surface area contributed by atoms with E-state index in [0.717, 1.165) is 116 Å². The first-order valence-corrected chi connectivity index (χ1v) is 36.5. The van der Waals surface area contributed by atoms with E-state index in [4.69, 9.17) is 56.8 Å². The molecule has 0 fully saturated rings. The molecule has 4 atom stereocenters. The summed E-state index contributed by atoms with van der Waals surface area (Å²) in [7, 11) is 2.02. The molecular formula is C71H131N3O20. The lowest BCUT2D eigenvalue weighted by Gasteiger charge is -2.25. The van der Waals surface area contributed by atoms with Gasteiger partial charge in [-0.1, -0.05) is 132 Å². The van der Waals surface area contributed by atoms with Gasteiger partial charge in [-0.2, -0.15) is 0 Å². The molecule has 23 nitrogen and oxygen atoms in total. The highest BCUT2D eigenvalue weighted by Crippen LogP contribution is 2.17. The predicted octanol–water partition coefficient (Wildman–Crippen LogP) is 14.6. The molecule has 0 aliphatic rings. The molecule has 0 rings (SSSR count). The van der Waals surface area contributed by atoms with Gasteiger partial charge in [-0.05, 0) is 147 Å². The van der Waals surface area contributed by atoms with Crippen LogP contribution in [0.4, 0.5) is 19.2 Å². The zero-order chi connectivity index (χ0) is 69.5. The van der Waals surface area contributed by atoms with Gasteiger partial charge in [0.15, 0.2) is 0 Å². The van der Waals surface area contributed by atoms with Crippen LogP contribution in [-0.2, 0) is 76.0 Å². The van der Waals surface area contributed by atoms with Gasteiger partial charge in [0.2, 0.25) is 0 Å². The summed E-state index contributed by atoms with van der Waals surface area (Å²) in [4.78, 5) is 106. The second-order valence-electron chi connectivity index (χ2n) is 24.7. The molecule has 94 heavy (non-hydrogen) atoms. The van der Waals surface area contributed by atoms with Crippen LogP contribution in [0.25, 0.3) is 0 Å². The third-order valence-corrected chi connectivity index (χ3v) is 16.6. The lowest BCUT2D eigenvalue weighted by atomic mass is 10.0. The summed E-state index contributed by atoms with van der Waals surface area (Å²) >= 11 is 0. The fourth-order valence-corrected chi connectivity index (χ4v) is 9.88. The Morgan fingerprint density at radius 2 is 0.468 bits per heavy atom. The van der Waals surface area contributed by atoms with Crippen LogP contribution in [0, 0.1) is 23.7 Å². The van der Waals surface area contributed by atoms with Crippen molar-refractivity contribution in [1.82, 2.24) is 14.7 Å². The Balaban J connectivity index is 5.43. The molecule has 0 amide bonds. The average Bonchev–Trinajstić information content (AvgIpc) is 3.73. The van der Waals surface area contributed by atoms with E-state index in [1.54, 1.807) is 0 Å². The molecule has 0 aromatic rings. The highest BCUT2D eigenvalue weighted by molar-refractivity contribution is 5.71. The van der Waals surface area contributed by atoms with E-state index >= 15 is 0 Å². The maximum atomic E-state index is 12.9. The Kier molecular flexibility index (Phi) is 60.4. The van der Waals surface area contributed by atoms with Crippen LogP contribution in [-0.4, -0.2) is 202 Å². The van der Waals surface area contributed by atoms with Gasteiger partial charge < -0.3 is 71.5 Å². The van der Waals surface area contributed by atoms with Crippen LogP contribution in [0.2, 0.25) is 0 Å². The Bertz CT molecular complexity index is 1650. The van der Waals surface area contributed by atoms with Gasteiger partial charge in [-0.15, -0.1) is 0 Å². The van der Waals surface area contributed by atoms with E-state index in [1.165, 1.54) is 0 Å². The fraction of sp³-hybridized carbons (Fsp3) is 0.887. The Morgan fingerprint density at radius 3 is 0.670 bits per heavy atom. The van der Waals surface area contributed by atoms with Crippen molar-refractivity contribution >= 4 is 48.5 Å². The van der Waals surface area contributed by atoms with Crippen molar-refractivity contribution in [2.24, 2.45) is 23.7 Å². The number of carbonyl (C=O) groups is 8. The molecular weight excluding hydrogens is 1210 g/mol. The molecule has 0 radical (unpaired) electrons. The minimum Gasteiger partial charge on any atom is -0.466 e. The van der Waals surface area contributed by atoms with Gasteiger partial charge in [0, 0.05) is 26.2 Å². The zero-order valence-corrected chi connectivity index (χ0v) is 60.2. The average molecular weight is 1350 g/mol. The fourth-order valence-electron chi connectivity index (χ4n) is 9.88. The van der Waals surface area contributed by atoms with E-state index in [1.807, 2.05) is 7.05 Å². The van der Waals surface area contributed by atoms with Crippen LogP contribution in [0.15, 0.2) is 0 Å². The molecule has 0 bridgehead atoms. The van der Waals surface area contributed by atoms with Crippen LogP contribution in [0.5, 0.6) is 0 Å². The molecule has 0 N–H and O–H groups in total. The van der Waals surface area contributed by atoms with E-state index in [0.29, 0.717) is 154 Å². The molecule has 23 heteroatoms. The van der Waals surface area contributed by atoms with Gasteiger partial charge in [0.05, 0.1) is 105 Å². The highest BCUT2D eigenvalue weighted by Gasteiger charge is 2.19. The van der Waals surface area contributed by atoms with E-state index in [9.17, 15) is 38.4 Å². The smallest absolute Gasteiger partial charge is 0.466 e. The van der Waals surface area contributed by atoms with E-state index in [2.05, 4.69) is 70.1 Å². The van der Waals surface area contributed by atoms with Crippen LogP contribution < -0.4 is 0 Å². The monoisotopic (exact) mass is 1350 g/mol. The van der Waals surface area contributed by atoms with Crippen LogP contribution in [0.3, 0.4) is 0 Å². The third-order valence-electron chi connectivity index (χ3n) is 16.6. The molecule has 0 saturated carbocycles. The molecule has 0 aromatic carbocycles. The normalized spacial score (nSPS) is 12.6. The summed E-state index contributed by atoms with van der Waals surface area (Å²) in [6.07, 6.45) is 19.7. The van der Waals surface area contributed by atoms with Crippen LogP contribution in [0.1, 0.15) is 248 Å². The molecule has 0 aliphatic carbocycles. The van der Waals surface area contributed by atoms with E-state index < -0.39 is 24.6 Å². The first-order chi connectivity index (χ1) is 45.5. The zero-order valence-electron chi connectivity index (χ0n) is 60.2. The molecule has 550 valence electrons. The summed E-state index contributed by atoms with van der Waals surface area (Å²) < 4.78 is 64.2. The number of carbonyl (C=O) groups excluding carboxylic acids is 8. The number of hydrogen-bond donors (Lipinski definition) is 0. The minimum atomic E-state index is -0.687. The van der Waals surface area contributed by atoms with Gasteiger partial charge in [0.25, 0.3) is 0 Å². The Labute approximate surface area is 566 Å². The second kappa shape index (κ2) is 63.9. The lowest BCUT2D eigenvalue weighted by Crippen LogP contribution is -2.34. The van der Waals surface area contributed by atoms with E-state index in [-0.39, 0.29) is 102 Å². The first-order valence-electron chi connectivity index (χ1n) is 36.5.